The third-order valence-corrected chi connectivity index (χ3v) is 2.93. The summed E-state index contributed by atoms with van der Waals surface area (Å²) in [6.45, 7) is 8.77. The summed E-state index contributed by atoms with van der Waals surface area (Å²) >= 11 is 0. The van der Waals surface area contributed by atoms with Gasteiger partial charge in [-0.25, -0.2) is 0 Å². The Labute approximate surface area is 109 Å². The van der Waals surface area contributed by atoms with E-state index >= 15 is 0 Å². The molecule has 1 aliphatic rings. The van der Waals surface area contributed by atoms with Gasteiger partial charge in [0.2, 0.25) is 11.8 Å². The Balaban J connectivity index is 2.39. The van der Waals surface area contributed by atoms with Gasteiger partial charge < -0.3 is 14.5 Å². The van der Waals surface area contributed by atoms with Crippen LogP contribution >= 0.6 is 0 Å². The zero-order valence-electron chi connectivity index (χ0n) is 11.9. The van der Waals surface area contributed by atoms with E-state index in [1.807, 2.05) is 4.90 Å². The van der Waals surface area contributed by atoms with Gasteiger partial charge in [-0.1, -0.05) is 20.8 Å². The van der Waals surface area contributed by atoms with Crippen molar-refractivity contribution in [3.8, 4) is 0 Å². The molecular formula is C13H24N2O3. The Morgan fingerprint density at radius 2 is 1.44 bits per heavy atom. The molecule has 1 rings (SSSR count). The number of nitrogens with zero attached hydrogens (tertiary/aromatic N) is 2. The topological polar surface area (TPSA) is 49.9 Å². The van der Waals surface area contributed by atoms with E-state index in [1.54, 1.807) is 4.90 Å². The highest BCUT2D eigenvalue weighted by atomic mass is 16.5. The van der Waals surface area contributed by atoms with Crippen molar-refractivity contribution in [3.63, 3.8) is 0 Å². The maximum atomic E-state index is 12.0. The van der Waals surface area contributed by atoms with Crippen molar-refractivity contribution in [3.05, 3.63) is 0 Å². The summed E-state index contributed by atoms with van der Waals surface area (Å²) in [5, 5.41) is 0. The summed E-state index contributed by atoms with van der Waals surface area (Å²) < 4.78 is 4.83. The van der Waals surface area contributed by atoms with E-state index in [-0.39, 0.29) is 23.8 Å². The van der Waals surface area contributed by atoms with Crippen molar-refractivity contribution in [1.29, 1.82) is 0 Å². The van der Waals surface area contributed by atoms with Gasteiger partial charge >= 0.3 is 0 Å². The lowest BCUT2D eigenvalue weighted by Crippen LogP contribution is -2.51. The highest BCUT2D eigenvalue weighted by molar-refractivity contribution is 5.79. The third-order valence-electron chi connectivity index (χ3n) is 2.93. The molecule has 0 spiro atoms. The monoisotopic (exact) mass is 256 g/mol. The first-order chi connectivity index (χ1) is 8.33. The molecule has 0 unspecified atom stereocenters. The van der Waals surface area contributed by atoms with Crippen LogP contribution in [0.3, 0.4) is 0 Å². The first kappa shape index (κ1) is 15.0. The third kappa shape index (κ3) is 4.64. The summed E-state index contributed by atoms with van der Waals surface area (Å²) in [6, 6.07) is 0. The molecule has 1 saturated heterocycles. The van der Waals surface area contributed by atoms with E-state index in [0.717, 1.165) is 0 Å². The molecular weight excluding hydrogens is 232 g/mol. The van der Waals surface area contributed by atoms with Crippen LogP contribution in [0.2, 0.25) is 0 Å². The molecule has 0 bridgehead atoms. The largest absolute Gasteiger partial charge is 0.375 e. The number of ether oxygens (including phenoxy) is 1. The van der Waals surface area contributed by atoms with Crippen LogP contribution in [0.1, 0.15) is 27.2 Å². The predicted molar refractivity (Wildman–Crippen MR) is 69.1 cm³/mol. The number of carbonyl (C=O) groups excluding carboxylic acids is 2. The van der Waals surface area contributed by atoms with Crippen molar-refractivity contribution in [1.82, 2.24) is 9.80 Å². The highest BCUT2D eigenvalue weighted by Crippen LogP contribution is 2.20. The van der Waals surface area contributed by atoms with Gasteiger partial charge in [0, 0.05) is 39.7 Å². The number of methoxy groups -OCH3 is 1. The molecule has 0 N–H and O–H groups in total. The number of carbonyl (C=O) groups is 2. The molecule has 5 nitrogen and oxygen atoms in total. The molecule has 5 heteroatoms. The van der Waals surface area contributed by atoms with E-state index in [1.165, 1.54) is 7.11 Å². The van der Waals surface area contributed by atoms with E-state index in [2.05, 4.69) is 20.8 Å². The van der Waals surface area contributed by atoms with E-state index in [0.29, 0.717) is 32.6 Å². The van der Waals surface area contributed by atoms with Crippen LogP contribution in [0.15, 0.2) is 0 Å². The second-order valence-corrected chi connectivity index (χ2v) is 5.93. The molecule has 18 heavy (non-hydrogen) atoms. The summed E-state index contributed by atoms with van der Waals surface area (Å²) in [7, 11) is 1.51. The zero-order chi connectivity index (χ0) is 13.8. The van der Waals surface area contributed by atoms with E-state index in [9.17, 15) is 9.59 Å². The molecule has 1 fully saturated rings. The summed E-state index contributed by atoms with van der Waals surface area (Å²) in [6.07, 6.45) is 0.555. The SMILES string of the molecule is COCC(=O)N1CCN(C(=O)CC(C)(C)C)CC1. The molecule has 0 radical (unpaired) electrons. The highest BCUT2D eigenvalue weighted by Gasteiger charge is 2.26. The van der Waals surface area contributed by atoms with Crippen LogP contribution in [0.4, 0.5) is 0 Å². The molecule has 2 amide bonds. The number of hydrogen-bond donors (Lipinski definition) is 0. The maximum Gasteiger partial charge on any atom is 0.248 e. The number of rotatable bonds is 3. The molecule has 1 heterocycles. The Morgan fingerprint density at radius 3 is 1.83 bits per heavy atom. The first-order valence-electron chi connectivity index (χ1n) is 6.38. The Morgan fingerprint density at radius 1 is 1.00 bits per heavy atom. The summed E-state index contributed by atoms with van der Waals surface area (Å²) in [5.74, 6) is 0.182. The number of amides is 2. The first-order valence-corrected chi connectivity index (χ1v) is 6.38. The number of hydrogen-bond acceptors (Lipinski definition) is 3. The Bertz CT molecular complexity index is 302. The summed E-state index contributed by atoms with van der Waals surface area (Å²) in [4.78, 5) is 27.2. The minimum Gasteiger partial charge on any atom is -0.375 e. The molecule has 0 aromatic rings. The van der Waals surface area contributed by atoms with Gasteiger partial charge in [-0.3, -0.25) is 9.59 Å². The average molecular weight is 256 g/mol. The van der Waals surface area contributed by atoms with Gasteiger partial charge in [0.1, 0.15) is 6.61 Å². The Hall–Kier alpha value is -1.10. The molecule has 0 atom stereocenters. The predicted octanol–water partition coefficient (Wildman–Crippen LogP) is 0.740. The van der Waals surface area contributed by atoms with Crippen LogP contribution in [0.5, 0.6) is 0 Å². The lowest BCUT2D eigenvalue weighted by atomic mass is 9.91. The van der Waals surface area contributed by atoms with Crippen LogP contribution < -0.4 is 0 Å². The molecule has 104 valence electrons. The summed E-state index contributed by atoms with van der Waals surface area (Å²) in [5.41, 5.74) is 0.0140. The van der Waals surface area contributed by atoms with Crippen molar-refractivity contribution in [2.45, 2.75) is 27.2 Å². The van der Waals surface area contributed by atoms with Crippen LogP contribution in [-0.4, -0.2) is 61.5 Å². The van der Waals surface area contributed by atoms with Crippen molar-refractivity contribution >= 4 is 11.8 Å². The average Bonchev–Trinajstić information content (AvgIpc) is 2.27. The van der Waals surface area contributed by atoms with Crippen molar-refractivity contribution in [2.24, 2.45) is 5.41 Å². The molecule has 0 aromatic heterocycles. The smallest absolute Gasteiger partial charge is 0.248 e. The maximum absolute atomic E-state index is 12.0. The van der Waals surface area contributed by atoms with Gasteiger partial charge in [-0.15, -0.1) is 0 Å². The molecule has 1 aliphatic heterocycles. The minimum atomic E-state index is 0.000389. The van der Waals surface area contributed by atoms with Gasteiger partial charge in [-0.2, -0.15) is 0 Å². The van der Waals surface area contributed by atoms with Gasteiger partial charge in [0.05, 0.1) is 0 Å². The molecule has 0 aliphatic carbocycles. The van der Waals surface area contributed by atoms with Crippen LogP contribution in [0.25, 0.3) is 0 Å². The molecule has 0 saturated carbocycles. The normalized spacial score (nSPS) is 16.9. The standard InChI is InChI=1S/C13H24N2O3/c1-13(2,3)9-11(16)14-5-7-15(8-6-14)12(17)10-18-4/h5-10H2,1-4H3. The van der Waals surface area contributed by atoms with Crippen LogP contribution in [-0.2, 0) is 14.3 Å². The zero-order valence-corrected chi connectivity index (χ0v) is 11.9. The van der Waals surface area contributed by atoms with Gasteiger partial charge in [0.15, 0.2) is 0 Å². The fourth-order valence-electron chi connectivity index (χ4n) is 1.99. The molecule has 0 aromatic carbocycles. The fraction of sp³-hybridized carbons (Fsp3) is 0.846. The minimum absolute atomic E-state index is 0.000389. The van der Waals surface area contributed by atoms with E-state index in [4.69, 9.17) is 4.74 Å². The fourth-order valence-corrected chi connectivity index (χ4v) is 1.99. The van der Waals surface area contributed by atoms with Crippen molar-refractivity contribution < 1.29 is 14.3 Å². The van der Waals surface area contributed by atoms with Crippen LogP contribution in [0, 0.1) is 5.41 Å². The Kier molecular flexibility index (Phi) is 5.14. The number of piperazine rings is 1. The second kappa shape index (κ2) is 6.18. The quantitative estimate of drug-likeness (QED) is 0.748. The lowest BCUT2D eigenvalue weighted by Gasteiger charge is -2.35. The van der Waals surface area contributed by atoms with Gasteiger partial charge in [0.25, 0.3) is 0 Å². The van der Waals surface area contributed by atoms with Crippen molar-refractivity contribution in [2.75, 3.05) is 39.9 Å². The van der Waals surface area contributed by atoms with E-state index < -0.39 is 0 Å². The lowest BCUT2D eigenvalue weighted by molar-refractivity contribution is -0.142. The van der Waals surface area contributed by atoms with Gasteiger partial charge in [-0.05, 0) is 5.41 Å². The second-order valence-electron chi connectivity index (χ2n) is 5.93.